The number of esters is 1. The summed E-state index contributed by atoms with van der Waals surface area (Å²) in [5, 5.41) is 7.89. The van der Waals surface area contributed by atoms with Crippen molar-refractivity contribution >= 4 is 47.3 Å². The van der Waals surface area contributed by atoms with E-state index in [2.05, 4.69) is 16.0 Å². The number of nitrogens with one attached hydrogen (secondary N) is 3. The molecule has 45 heavy (non-hydrogen) atoms. The fourth-order valence-corrected chi connectivity index (χ4v) is 3.95. The molecule has 0 aromatic heterocycles. The van der Waals surface area contributed by atoms with Gasteiger partial charge >= 0.3 is 12.1 Å². The van der Waals surface area contributed by atoms with Gasteiger partial charge in [0, 0.05) is 44.4 Å². The highest BCUT2D eigenvalue weighted by Gasteiger charge is 2.29. The summed E-state index contributed by atoms with van der Waals surface area (Å²) in [4.78, 5) is 87.7. The fourth-order valence-electron chi connectivity index (χ4n) is 3.95. The highest BCUT2D eigenvalue weighted by Crippen LogP contribution is 2.13. The van der Waals surface area contributed by atoms with Crippen molar-refractivity contribution in [1.82, 2.24) is 20.4 Å². The Morgan fingerprint density at radius 1 is 0.889 bits per heavy atom. The lowest BCUT2D eigenvalue weighted by Crippen LogP contribution is -2.54. The number of carbonyl (C=O) groups excluding carboxylic acids is 7. The van der Waals surface area contributed by atoms with Crippen LogP contribution in [0.5, 0.6) is 0 Å². The quantitative estimate of drug-likeness (QED) is 0.205. The van der Waals surface area contributed by atoms with Crippen LogP contribution in [0.1, 0.15) is 59.9 Å². The SMILES string of the molecule is CC(C)[C@H](NC(=O)CCN1C(=O)C=CC1=O)C(=O)N[C@@H](C)C(=O)Nc1ccc(COC(=O)N(C)CCC(=O)OC(C)(C)C)cc1. The summed E-state index contributed by atoms with van der Waals surface area (Å²) in [6.45, 7) is 10.2. The summed E-state index contributed by atoms with van der Waals surface area (Å²) in [6, 6.07) is 4.66. The molecule has 0 saturated carbocycles. The predicted molar refractivity (Wildman–Crippen MR) is 163 cm³/mol. The lowest BCUT2D eigenvalue weighted by Gasteiger charge is -2.24. The number of carbonyl (C=O) groups is 7. The number of hydrogen-bond acceptors (Lipinski definition) is 9. The topological polar surface area (TPSA) is 181 Å². The Hall–Kier alpha value is -4.75. The molecule has 1 aliphatic heterocycles. The molecule has 1 aromatic carbocycles. The van der Waals surface area contributed by atoms with Crippen molar-refractivity contribution in [3.05, 3.63) is 42.0 Å². The van der Waals surface area contributed by atoms with Crippen molar-refractivity contribution < 1.29 is 43.0 Å². The molecule has 2 atom stereocenters. The number of benzene rings is 1. The molecule has 1 aliphatic rings. The first-order valence-electron chi connectivity index (χ1n) is 14.6. The van der Waals surface area contributed by atoms with Crippen LogP contribution < -0.4 is 16.0 Å². The van der Waals surface area contributed by atoms with Crippen molar-refractivity contribution in [2.75, 3.05) is 25.5 Å². The van der Waals surface area contributed by atoms with E-state index in [4.69, 9.17) is 9.47 Å². The van der Waals surface area contributed by atoms with E-state index >= 15 is 0 Å². The van der Waals surface area contributed by atoms with Crippen molar-refractivity contribution in [3.63, 3.8) is 0 Å². The number of rotatable bonds is 14. The minimum atomic E-state index is -0.950. The number of amides is 6. The van der Waals surface area contributed by atoms with E-state index in [1.807, 2.05) is 0 Å². The minimum Gasteiger partial charge on any atom is -0.460 e. The third-order valence-electron chi connectivity index (χ3n) is 6.45. The Morgan fingerprint density at radius 2 is 1.49 bits per heavy atom. The maximum atomic E-state index is 12.9. The second-order valence-corrected chi connectivity index (χ2v) is 11.9. The number of hydrogen-bond donors (Lipinski definition) is 3. The Balaban J connectivity index is 1.79. The van der Waals surface area contributed by atoms with E-state index in [9.17, 15) is 33.6 Å². The van der Waals surface area contributed by atoms with E-state index in [1.54, 1.807) is 58.9 Å². The van der Waals surface area contributed by atoms with Crippen molar-refractivity contribution in [1.29, 1.82) is 0 Å². The molecule has 0 radical (unpaired) electrons. The first kappa shape index (κ1) is 36.4. The largest absolute Gasteiger partial charge is 0.460 e. The standard InChI is InChI=1S/C31H43N5O9/c1-19(2)27(34-23(37)14-17-36-24(38)12-13-25(36)39)29(42)32-20(3)28(41)33-22-10-8-21(9-11-22)18-44-30(43)35(7)16-15-26(40)45-31(4,5)6/h8-13,19-20,27H,14-18H2,1-7H3,(H,32,42)(H,33,41)(H,34,37)/t20-,27-/m0/s1. The van der Waals surface area contributed by atoms with Crippen LogP contribution in [0.15, 0.2) is 36.4 Å². The molecule has 0 bridgehead atoms. The fraction of sp³-hybridized carbons (Fsp3) is 0.516. The zero-order valence-electron chi connectivity index (χ0n) is 26.8. The molecule has 0 spiro atoms. The van der Waals surface area contributed by atoms with Gasteiger partial charge in [0.15, 0.2) is 0 Å². The van der Waals surface area contributed by atoms with Crippen molar-refractivity contribution in [3.8, 4) is 0 Å². The lowest BCUT2D eigenvalue weighted by molar-refractivity contribution is -0.155. The highest BCUT2D eigenvalue weighted by molar-refractivity contribution is 6.13. The van der Waals surface area contributed by atoms with Gasteiger partial charge in [-0.05, 0) is 51.3 Å². The molecule has 1 aromatic rings. The summed E-state index contributed by atoms with van der Waals surface area (Å²) >= 11 is 0. The predicted octanol–water partition coefficient (Wildman–Crippen LogP) is 1.89. The normalized spacial score (nSPS) is 14.1. The summed E-state index contributed by atoms with van der Waals surface area (Å²) in [5.41, 5.74) is 0.499. The third-order valence-corrected chi connectivity index (χ3v) is 6.45. The Morgan fingerprint density at radius 3 is 2.04 bits per heavy atom. The number of ether oxygens (including phenoxy) is 2. The molecular weight excluding hydrogens is 586 g/mol. The van der Waals surface area contributed by atoms with Crippen LogP contribution in [0.3, 0.4) is 0 Å². The van der Waals surface area contributed by atoms with E-state index in [1.165, 1.54) is 18.9 Å². The summed E-state index contributed by atoms with van der Waals surface area (Å²) < 4.78 is 10.5. The van der Waals surface area contributed by atoms with Crippen LogP contribution in [-0.4, -0.2) is 89.2 Å². The highest BCUT2D eigenvalue weighted by atomic mass is 16.6. The van der Waals surface area contributed by atoms with Crippen molar-refractivity contribution in [2.45, 2.75) is 78.7 Å². The summed E-state index contributed by atoms with van der Waals surface area (Å²) in [7, 11) is 1.52. The summed E-state index contributed by atoms with van der Waals surface area (Å²) in [6.07, 6.45) is 1.51. The second-order valence-electron chi connectivity index (χ2n) is 11.9. The average molecular weight is 630 g/mol. The maximum Gasteiger partial charge on any atom is 0.409 e. The minimum absolute atomic E-state index is 0.0276. The van der Waals surface area contributed by atoms with E-state index in [0.717, 1.165) is 17.1 Å². The van der Waals surface area contributed by atoms with E-state index < -0.39 is 59.3 Å². The van der Waals surface area contributed by atoms with Gasteiger partial charge in [0.05, 0.1) is 6.42 Å². The van der Waals surface area contributed by atoms with E-state index in [-0.39, 0.29) is 38.5 Å². The molecule has 6 amide bonds. The molecule has 0 unspecified atom stereocenters. The molecule has 3 N–H and O–H groups in total. The molecule has 0 fully saturated rings. The molecule has 2 rings (SSSR count). The number of nitrogens with zero attached hydrogens (tertiary/aromatic N) is 2. The van der Waals surface area contributed by atoms with Crippen LogP contribution in [-0.2, 0) is 44.8 Å². The smallest absolute Gasteiger partial charge is 0.409 e. The molecule has 1 heterocycles. The Bertz CT molecular complexity index is 1280. The molecule has 14 nitrogen and oxygen atoms in total. The van der Waals surface area contributed by atoms with Gasteiger partial charge in [-0.2, -0.15) is 0 Å². The van der Waals surface area contributed by atoms with Crippen LogP contribution in [0.2, 0.25) is 0 Å². The molecule has 0 aliphatic carbocycles. The van der Waals surface area contributed by atoms with Gasteiger partial charge in [0.2, 0.25) is 17.7 Å². The van der Waals surface area contributed by atoms with Crippen LogP contribution >= 0.6 is 0 Å². The van der Waals surface area contributed by atoms with Gasteiger partial charge in [-0.3, -0.25) is 33.7 Å². The lowest BCUT2D eigenvalue weighted by atomic mass is 10.0. The molecule has 246 valence electrons. The van der Waals surface area contributed by atoms with Gasteiger partial charge in [-0.25, -0.2) is 4.79 Å². The zero-order chi connectivity index (χ0) is 33.9. The van der Waals surface area contributed by atoms with Crippen molar-refractivity contribution in [2.24, 2.45) is 5.92 Å². The van der Waals surface area contributed by atoms with Gasteiger partial charge in [0.1, 0.15) is 24.3 Å². The average Bonchev–Trinajstić information content (AvgIpc) is 3.27. The number of anilines is 1. The zero-order valence-corrected chi connectivity index (χ0v) is 26.8. The number of imide groups is 1. The monoisotopic (exact) mass is 629 g/mol. The maximum absolute atomic E-state index is 12.9. The first-order chi connectivity index (χ1) is 21.0. The third kappa shape index (κ3) is 12.4. The molecular formula is C31H43N5O9. The van der Waals surface area contributed by atoms with Gasteiger partial charge in [0.25, 0.3) is 11.8 Å². The Kier molecular flexibility index (Phi) is 13.2. The van der Waals surface area contributed by atoms with Crippen LogP contribution in [0.4, 0.5) is 10.5 Å². The second kappa shape index (κ2) is 16.4. The Labute approximate surface area is 262 Å². The van der Waals surface area contributed by atoms with Gasteiger partial charge in [-0.1, -0.05) is 26.0 Å². The van der Waals surface area contributed by atoms with Gasteiger partial charge in [-0.15, -0.1) is 0 Å². The van der Waals surface area contributed by atoms with Crippen LogP contribution in [0, 0.1) is 5.92 Å². The van der Waals surface area contributed by atoms with Gasteiger partial charge < -0.3 is 30.3 Å². The van der Waals surface area contributed by atoms with E-state index in [0.29, 0.717) is 11.3 Å². The molecule has 14 heteroatoms. The van der Waals surface area contributed by atoms with Crippen LogP contribution in [0.25, 0.3) is 0 Å². The first-order valence-corrected chi connectivity index (χ1v) is 14.6. The summed E-state index contributed by atoms with van der Waals surface area (Å²) in [5.74, 6) is -3.31. The molecule has 0 saturated heterocycles.